The van der Waals surface area contributed by atoms with E-state index in [1.54, 1.807) is 18.2 Å². The van der Waals surface area contributed by atoms with Gasteiger partial charge in [0, 0.05) is 17.5 Å². The Kier molecular flexibility index (Phi) is 6.29. The monoisotopic (exact) mass is 513 g/mol. The van der Waals surface area contributed by atoms with Crippen LogP contribution >= 0.6 is 11.3 Å². The Labute approximate surface area is 209 Å². The highest BCUT2D eigenvalue weighted by Gasteiger charge is 2.40. The molecular weight excluding hydrogens is 491 g/mol. The van der Waals surface area contributed by atoms with Crippen molar-refractivity contribution in [2.24, 2.45) is 0 Å². The number of anilines is 1. The maximum absolute atomic E-state index is 13.4. The quantitative estimate of drug-likeness (QED) is 0.530. The molecule has 0 aliphatic carbocycles. The second kappa shape index (κ2) is 9.42. The number of fused-ring (bicyclic) bond motifs is 2. The Morgan fingerprint density at radius 2 is 1.89 bits per heavy atom. The average Bonchev–Trinajstić information content (AvgIpc) is 3.33. The van der Waals surface area contributed by atoms with Gasteiger partial charge in [-0.2, -0.15) is 13.2 Å². The summed E-state index contributed by atoms with van der Waals surface area (Å²) in [6, 6.07) is 12.3. The van der Waals surface area contributed by atoms with Crippen molar-refractivity contribution in [2.75, 3.05) is 11.9 Å². The van der Waals surface area contributed by atoms with Crippen LogP contribution < -0.4 is 10.6 Å². The molecule has 10 heteroatoms. The number of halogens is 3. The lowest BCUT2D eigenvalue weighted by Gasteiger charge is -2.37. The highest BCUT2D eigenvalue weighted by Crippen LogP contribution is 2.35. The summed E-state index contributed by atoms with van der Waals surface area (Å²) in [6.45, 7) is 0.272. The number of nitrogens with one attached hydrogen (secondary N) is 2. The van der Waals surface area contributed by atoms with Crippen LogP contribution in [-0.4, -0.2) is 41.2 Å². The van der Waals surface area contributed by atoms with Crippen molar-refractivity contribution < 1.29 is 27.6 Å². The van der Waals surface area contributed by atoms with Crippen LogP contribution in [0.25, 0.3) is 11.1 Å². The smallest absolute Gasteiger partial charge is 0.353 e. The molecule has 0 spiro atoms. The van der Waals surface area contributed by atoms with Crippen LogP contribution in [0.3, 0.4) is 0 Å². The van der Waals surface area contributed by atoms with Crippen LogP contribution in [0.4, 0.5) is 18.9 Å². The van der Waals surface area contributed by atoms with Crippen LogP contribution in [0.5, 0.6) is 0 Å². The molecule has 186 valence electrons. The number of thiophene rings is 1. The number of amides is 3. The van der Waals surface area contributed by atoms with Gasteiger partial charge in [-0.25, -0.2) is 0 Å². The molecule has 3 amide bonds. The van der Waals surface area contributed by atoms with Gasteiger partial charge < -0.3 is 15.5 Å². The molecule has 36 heavy (non-hydrogen) atoms. The van der Waals surface area contributed by atoms with Crippen LogP contribution in [0.15, 0.2) is 60.0 Å². The summed E-state index contributed by atoms with van der Waals surface area (Å²) in [6.07, 6.45) is -3.45. The molecule has 1 saturated heterocycles. The number of nitrogens with zero attached hydrogens (tertiary/aromatic N) is 1. The van der Waals surface area contributed by atoms with Crippen LogP contribution in [-0.2, 0) is 22.2 Å². The summed E-state index contributed by atoms with van der Waals surface area (Å²) in [5.41, 5.74) is 0.517. The summed E-state index contributed by atoms with van der Waals surface area (Å²) in [5, 5.41) is 7.66. The zero-order valence-corrected chi connectivity index (χ0v) is 19.8. The standard InChI is InChI=1S/C26H22F3N3O3S/c27-26(28,29)17-4-1-3-15(11-17)16-6-7-21-20(12-16)25(35)32-9-8-18(13-22(32)24(34)31-21)30-23(33)14-19-5-2-10-36-19/h1-7,10-12,18,22H,8-9,13-14H2,(H,30,33)(H,31,34). The summed E-state index contributed by atoms with van der Waals surface area (Å²) >= 11 is 1.50. The van der Waals surface area contributed by atoms with Gasteiger partial charge in [0.1, 0.15) is 6.04 Å². The van der Waals surface area contributed by atoms with Gasteiger partial charge in [-0.15, -0.1) is 11.3 Å². The first-order chi connectivity index (χ1) is 17.2. The molecule has 1 aromatic heterocycles. The van der Waals surface area contributed by atoms with E-state index in [0.29, 0.717) is 23.2 Å². The molecule has 5 rings (SSSR count). The zero-order valence-electron chi connectivity index (χ0n) is 19.0. The van der Waals surface area contributed by atoms with E-state index in [0.717, 1.165) is 17.0 Å². The van der Waals surface area contributed by atoms with Gasteiger partial charge in [-0.05, 0) is 59.7 Å². The van der Waals surface area contributed by atoms with Crippen molar-refractivity contribution in [3.63, 3.8) is 0 Å². The largest absolute Gasteiger partial charge is 0.416 e. The minimum Gasteiger partial charge on any atom is -0.353 e. The lowest BCUT2D eigenvalue weighted by Crippen LogP contribution is -2.55. The maximum Gasteiger partial charge on any atom is 0.416 e. The first-order valence-corrected chi connectivity index (χ1v) is 12.3. The van der Waals surface area contributed by atoms with E-state index in [-0.39, 0.29) is 48.7 Å². The zero-order chi connectivity index (χ0) is 25.4. The first kappa shape index (κ1) is 24.1. The summed E-state index contributed by atoms with van der Waals surface area (Å²) in [7, 11) is 0. The molecule has 0 saturated carbocycles. The molecule has 2 atom stereocenters. The van der Waals surface area contributed by atoms with Gasteiger partial charge in [0.05, 0.1) is 23.2 Å². The van der Waals surface area contributed by atoms with Gasteiger partial charge in [-0.3, -0.25) is 14.4 Å². The van der Waals surface area contributed by atoms with E-state index in [9.17, 15) is 27.6 Å². The SMILES string of the molecule is O=C(Cc1cccs1)NC1CCN2C(=O)c3cc(-c4cccc(C(F)(F)F)c4)ccc3NC(=O)C2C1. The molecule has 0 radical (unpaired) electrons. The van der Waals surface area contributed by atoms with Crippen molar-refractivity contribution >= 4 is 34.7 Å². The van der Waals surface area contributed by atoms with E-state index in [2.05, 4.69) is 10.6 Å². The fourth-order valence-electron chi connectivity index (χ4n) is 4.69. The minimum absolute atomic E-state index is 0.134. The number of carbonyl (C=O) groups is 3. The van der Waals surface area contributed by atoms with Gasteiger partial charge in [0.2, 0.25) is 11.8 Å². The van der Waals surface area contributed by atoms with Crippen molar-refractivity contribution in [1.29, 1.82) is 0 Å². The third kappa shape index (κ3) is 4.86. The average molecular weight is 514 g/mol. The molecule has 0 bridgehead atoms. The van der Waals surface area contributed by atoms with Gasteiger partial charge in [0.25, 0.3) is 5.91 Å². The molecule has 2 aromatic carbocycles. The fourth-order valence-corrected chi connectivity index (χ4v) is 5.40. The molecule has 2 N–H and O–H groups in total. The van der Waals surface area contributed by atoms with E-state index < -0.39 is 17.8 Å². The lowest BCUT2D eigenvalue weighted by molar-refractivity contribution is -0.137. The summed E-state index contributed by atoms with van der Waals surface area (Å²) in [5.74, 6) is -0.859. The minimum atomic E-state index is -4.48. The molecule has 2 unspecified atom stereocenters. The van der Waals surface area contributed by atoms with E-state index in [4.69, 9.17) is 0 Å². The topological polar surface area (TPSA) is 78.5 Å². The van der Waals surface area contributed by atoms with Crippen molar-refractivity contribution in [1.82, 2.24) is 10.2 Å². The molecule has 3 heterocycles. The Morgan fingerprint density at radius 3 is 2.64 bits per heavy atom. The van der Waals surface area contributed by atoms with Crippen molar-refractivity contribution in [3.8, 4) is 11.1 Å². The third-order valence-corrected chi connectivity index (χ3v) is 7.35. The van der Waals surface area contributed by atoms with Gasteiger partial charge in [-0.1, -0.05) is 24.3 Å². The van der Waals surface area contributed by atoms with Gasteiger partial charge >= 0.3 is 6.18 Å². The highest BCUT2D eigenvalue weighted by molar-refractivity contribution is 7.10. The highest BCUT2D eigenvalue weighted by atomic mass is 32.1. The molecule has 2 aliphatic rings. The van der Waals surface area contributed by atoms with E-state index >= 15 is 0 Å². The molecule has 2 aliphatic heterocycles. The van der Waals surface area contributed by atoms with Crippen molar-refractivity contribution in [3.05, 3.63) is 76.0 Å². The van der Waals surface area contributed by atoms with Gasteiger partial charge in [0.15, 0.2) is 0 Å². The molecule has 3 aromatic rings. The number of carbonyl (C=O) groups excluding carboxylic acids is 3. The van der Waals surface area contributed by atoms with Crippen molar-refractivity contribution in [2.45, 2.75) is 37.5 Å². The Hall–Kier alpha value is -3.66. The third-order valence-electron chi connectivity index (χ3n) is 6.48. The second-order valence-corrected chi connectivity index (χ2v) is 9.92. The Bertz CT molecular complexity index is 1320. The number of piperidine rings is 1. The number of hydrogen-bond acceptors (Lipinski definition) is 4. The lowest BCUT2D eigenvalue weighted by atomic mass is 9.95. The number of alkyl halides is 3. The summed E-state index contributed by atoms with van der Waals surface area (Å²) in [4.78, 5) is 41.3. The van der Waals surface area contributed by atoms with E-state index in [1.807, 2.05) is 17.5 Å². The predicted octanol–water partition coefficient (Wildman–Crippen LogP) is 4.72. The maximum atomic E-state index is 13.4. The second-order valence-electron chi connectivity index (χ2n) is 8.89. The van der Waals surface area contributed by atoms with Crippen LogP contribution in [0.2, 0.25) is 0 Å². The summed E-state index contributed by atoms with van der Waals surface area (Å²) < 4.78 is 39.5. The number of benzene rings is 2. The Balaban J connectivity index is 1.35. The molecule has 1 fully saturated rings. The number of rotatable bonds is 4. The molecule has 6 nitrogen and oxygen atoms in total. The fraction of sp³-hybridized carbons (Fsp3) is 0.269. The predicted molar refractivity (Wildman–Crippen MR) is 130 cm³/mol. The van der Waals surface area contributed by atoms with Crippen LogP contribution in [0, 0.1) is 0 Å². The molecular formula is C26H22F3N3O3S. The first-order valence-electron chi connectivity index (χ1n) is 11.4. The Morgan fingerprint density at radius 1 is 1.08 bits per heavy atom. The van der Waals surface area contributed by atoms with E-state index in [1.165, 1.54) is 28.4 Å². The van der Waals surface area contributed by atoms with Crippen LogP contribution in [0.1, 0.15) is 33.6 Å². The number of hydrogen-bond donors (Lipinski definition) is 2. The normalized spacial score (nSPS) is 19.7.